The van der Waals surface area contributed by atoms with Gasteiger partial charge < -0.3 is 10.1 Å². The number of ether oxygens (including phenoxy) is 1. The van der Waals surface area contributed by atoms with Crippen molar-refractivity contribution >= 4 is 33.3 Å². The van der Waals surface area contributed by atoms with Gasteiger partial charge in [0.1, 0.15) is 6.54 Å². The van der Waals surface area contributed by atoms with E-state index in [9.17, 15) is 18.0 Å². The Morgan fingerprint density at radius 1 is 1.07 bits per heavy atom. The fraction of sp³-hybridized carbons (Fsp3) is 0.333. The molecule has 0 saturated heterocycles. The van der Waals surface area contributed by atoms with Crippen LogP contribution >= 0.6 is 0 Å². The number of nitrogens with zero attached hydrogens (tertiary/aromatic N) is 1. The van der Waals surface area contributed by atoms with Crippen LogP contribution in [-0.2, 0) is 24.3 Å². The topological polar surface area (TPSA) is 92.8 Å². The minimum atomic E-state index is -3.72. The number of nitrogens with one attached hydrogen (secondary N) is 1. The number of hydrogen-bond donors (Lipinski definition) is 1. The van der Waals surface area contributed by atoms with Gasteiger partial charge in [0.05, 0.1) is 11.9 Å². The molecule has 8 heteroatoms. The number of esters is 1. The normalized spacial score (nSPS) is 12.2. The number of carbonyl (C=O) groups is 2. The molecule has 29 heavy (non-hydrogen) atoms. The standard InChI is InChI=1S/C21H26N2O5S/c1-14-10-11-15(2)18(12-14)22-21(25)17(4)28-20(24)13-23(29(5,26)27)19-9-7-6-8-16(19)3/h6-12,17H,13H2,1-5H3,(H,22,25)/t17-/m0/s1. The number of rotatable bonds is 7. The highest BCUT2D eigenvalue weighted by molar-refractivity contribution is 7.92. The molecule has 0 saturated carbocycles. The van der Waals surface area contributed by atoms with Crippen molar-refractivity contribution in [1.82, 2.24) is 0 Å². The zero-order valence-corrected chi connectivity index (χ0v) is 18.0. The SMILES string of the molecule is Cc1ccc(C)c(NC(=O)[C@H](C)OC(=O)CN(c2ccccc2C)S(C)(=O)=O)c1. The van der Waals surface area contributed by atoms with E-state index in [-0.39, 0.29) is 0 Å². The molecule has 1 atom stereocenters. The van der Waals surface area contributed by atoms with Gasteiger partial charge in [-0.25, -0.2) is 8.42 Å². The molecule has 0 heterocycles. The number of amides is 1. The van der Waals surface area contributed by atoms with Gasteiger partial charge in [0, 0.05) is 5.69 Å². The molecule has 0 fully saturated rings. The fourth-order valence-electron chi connectivity index (χ4n) is 2.73. The maximum Gasteiger partial charge on any atom is 0.327 e. The third-order valence-corrected chi connectivity index (χ3v) is 5.51. The predicted molar refractivity (Wildman–Crippen MR) is 113 cm³/mol. The fourth-order valence-corrected chi connectivity index (χ4v) is 3.64. The Balaban J connectivity index is 2.08. The summed E-state index contributed by atoms with van der Waals surface area (Å²) in [6.07, 6.45) is -0.0655. The Morgan fingerprint density at radius 2 is 1.72 bits per heavy atom. The Bertz CT molecular complexity index is 1020. The van der Waals surface area contributed by atoms with E-state index < -0.39 is 34.5 Å². The first-order chi connectivity index (χ1) is 13.5. The van der Waals surface area contributed by atoms with Crippen molar-refractivity contribution in [3.8, 4) is 0 Å². The molecule has 1 N–H and O–H groups in total. The summed E-state index contributed by atoms with van der Waals surface area (Å²) in [7, 11) is -3.72. The molecule has 2 aromatic carbocycles. The molecule has 0 aromatic heterocycles. The maximum absolute atomic E-state index is 12.4. The van der Waals surface area contributed by atoms with E-state index in [2.05, 4.69) is 5.32 Å². The van der Waals surface area contributed by atoms with Crippen molar-refractivity contribution in [3.05, 3.63) is 59.2 Å². The summed E-state index contributed by atoms with van der Waals surface area (Å²) in [4.78, 5) is 24.8. The van der Waals surface area contributed by atoms with Crippen LogP contribution in [0, 0.1) is 20.8 Å². The third kappa shape index (κ3) is 6.05. The highest BCUT2D eigenvalue weighted by Crippen LogP contribution is 2.22. The molecule has 156 valence electrons. The van der Waals surface area contributed by atoms with E-state index in [4.69, 9.17) is 4.74 Å². The van der Waals surface area contributed by atoms with Crippen LogP contribution < -0.4 is 9.62 Å². The number of para-hydroxylation sites is 1. The van der Waals surface area contributed by atoms with Gasteiger partial charge >= 0.3 is 5.97 Å². The van der Waals surface area contributed by atoms with E-state index in [0.717, 1.165) is 21.7 Å². The molecule has 0 aliphatic heterocycles. The Hall–Kier alpha value is -2.87. The minimum absolute atomic E-state index is 0.388. The number of hydrogen-bond acceptors (Lipinski definition) is 5. The van der Waals surface area contributed by atoms with Gasteiger partial charge in [-0.1, -0.05) is 30.3 Å². The van der Waals surface area contributed by atoms with Gasteiger partial charge in [-0.2, -0.15) is 0 Å². The molecule has 0 spiro atoms. The maximum atomic E-state index is 12.4. The van der Waals surface area contributed by atoms with Crippen LogP contribution in [0.4, 0.5) is 11.4 Å². The minimum Gasteiger partial charge on any atom is -0.451 e. The van der Waals surface area contributed by atoms with E-state index in [1.54, 1.807) is 31.2 Å². The number of anilines is 2. The van der Waals surface area contributed by atoms with E-state index in [1.807, 2.05) is 32.0 Å². The lowest BCUT2D eigenvalue weighted by molar-refractivity contribution is -0.151. The van der Waals surface area contributed by atoms with Crippen LogP contribution in [0.5, 0.6) is 0 Å². The van der Waals surface area contributed by atoms with E-state index >= 15 is 0 Å². The lowest BCUT2D eigenvalue weighted by Crippen LogP contribution is -2.39. The Labute approximate surface area is 171 Å². The summed E-state index contributed by atoms with van der Waals surface area (Å²) in [5, 5.41) is 2.73. The lowest BCUT2D eigenvalue weighted by Gasteiger charge is -2.24. The predicted octanol–water partition coefficient (Wildman–Crippen LogP) is 2.95. The van der Waals surface area contributed by atoms with Crippen LogP contribution in [0.2, 0.25) is 0 Å². The van der Waals surface area contributed by atoms with Crippen molar-refractivity contribution in [2.45, 2.75) is 33.8 Å². The first-order valence-electron chi connectivity index (χ1n) is 9.10. The van der Waals surface area contributed by atoms with Gasteiger partial charge in [-0.15, -0.1) is 0 Å². The zero-order chi connectivity index (χ0) is 21.8. The summed E-state index contributed by atoms with van der Waals surface area (Å²) in [6.45, 7) is 6.43. The molecular weight excluding hydrogens is 392 g/mol. The number of carbonyl (C=O) groups excluding carboxylic acids is 2. The third-order valence-electron chi connectivity index (χ3n) is 4.39. The average molecular weight is 419 g/mol. The van der Waals surface area contributed by atoms with Crippen LogP contribution in [0.25, 0.3) is 0 Å². The second-order valence-electron chi connectivity index (χ2n) is 7.00. The summed E-state index contributed by atoms with van der Waals surface area (Å²) in [5.74, 6) is -1.31. The first-order valence-corrected chi connectivity index (χ1v) is 10.9. The highest BCUT2D eigenvalue weighted by Gasteiger charge is 2.25. The second-order valence-corrected chi connectivity index (χ2v) is 8.90. The molecule has 2 rings (SSSR count). The highest BCUT2D eigenvalue weighted by atomic mass is 32.2. The second kappa shape index (κ2) is 9.09. The van der Waals surface area contributed by atoms with Crippen molar-refractivity contribution in [2.24, 2.45) is 0 Å². The molecule has 2 aromatic rings. The summed E-state index contributed by atoms with van der Waals surface area (Å²) in [5.41, 5.74) is 3.59. The summed E-state index contributed by atoms with van der Waals surface area (Å²) < 4.78 is 30.5. The molecular formula is C21H26N2O5S. The molecule has 0 aliphatic rings. The molecule has 0 bridgehead atoms. The average Bonchev–Trinajstić information content (AvgIpc) is 2.62. The van der Waals surface area contributed by atoms with Gasteiger partial charge in [0.15, 0.2) is 6.10 Å². The lowest BCUT2D eigenvalue weighted by atomic mass is 10.1. The van der Waals surface area contributed by atoms with Crippen molar-refractivity contribution in [2.75, 3.05) is 22.4 Å². The molecule has 0 radical (unpaired) electrons. The Kier molecular flexibility index (Phi) is 7.02. The van der Waals surface area contributed by atoms with Crippen LogP contribution in [-0.4, -0.2) is 39.2 Å². The summed E-state index contributed by atoms with van der Waals surface area (Å²) in [6, 6.07) is 12.5. The number of aryl methyl sites for hydroxylation is 3. The molecule has 0 aliphatic carbocycles. The first kappa shape index (κ1) is 22.4. The molecule has 0 unspecified atom stereocenters. The van der Waals surface area contributed by atoms with Gasteiger partial charge in [-0.05, 0) is 56.5 Å². The van der Waals surface area contributed by atoms with Crippen LogP contribution in [0.1, 0.15) is 23.6 Å². The van der Waals surface area contributed by atoms with Gasteiger partial charge in [0.25, 0.3) is 5.91 Å². The Morgan fingerprint density at radius 3 is 2.34 bits per heavy atom. The van der Waals surface area contributed by atoms with Crippen molar-refractivity contribution in [1.29, 1.82) is 0 Å². The van der Waals surface area contributed by atoms with E-state index in [1.165, 1.54) is 6.92 Å². The van der Waals surface area contributed by atoms with Crippen LogP contribution in [0.3, 0.4) is 0 Å². The van der Waals surface area contributed by atoms with Crippen LogP contribution in [0.15, 0.2) is 42.5 Å². The van der Waals surface area contributed by atoms with Gasteiger partial charge in [-0.3, -0.25) is 13.9 Å². The monoisotopic (exact) mass is 418 g/mol. The largest absolute Gasteiger partial charge is 0.451 e. The number of benzene rings is 2. The zero-order valence-electron chi connectivity index (χ0n) is 17.2. The molecule has 7 nitrogen and oxygen atoms in total. The summed E-state index contributed by atoms with van der Waals surface area (Å²) >= 11 is 0. The smallest absolute Gasteiger partial charge is 0.327 e. The van der Waals surface area contributed by atoms with Gasteiger partial charge in [0.2, 0.25) is 10.0 Å². The number of sulfonamides is 1. The van der Waals surface area contributed by atoms with Crippen molar-refractivity contribution in [3.63, 3.8) is 0 Å². The van der Waals surface area contributed by atoms with E-state index in [0.29, 0.717) is 16.9 Å². The van der Waals surface area contributed by atoms with Crippen molar-refractivity contribution < 1.29 is 22.7 Å². The quantitative estimate of drug-likeness (QED) is 0.698. The molecule has 1 amide bonds.